The van der Waals surface area contributed by atoms with Crippen molar-refractivity contribution in [2.24, 2.45) is 5.10 Å². The van der Waals surface area contributed by atoms with Gasteiger partial charge in [0, 0.05) is 21.7 Å². The van der Waals surface area contributed by atoms with Crippen molar-refractivity contribution in [2.75, 3.05) is 5.43 Å². The molecule has 22 heavy (non-hydrogen) atoms. The third kappa shape index (κ3) is 5.43. The molecular formula is C17H22ClN3S. The molecule has 1 aromatic heterocycles. The van der Waals surface area contributed by atoms with Gasteiger partial charge >= 0.3 is 0 Å². The van der Waals surface area contributed by atoms with Crippen molar-refractivity contribution in [2.45, 2.75) is 46.0 Å². The molecule has 118 valence electrons. The summed E-state index contributed by atoms with van der Waals surface area (Å²) in [5.74, 6) is 0. The van der Waals surface area contributed by atoms with E-state index >= 15 is 0 Å². The van der Waals surface area contributed by atoms with Crippen molar-refractivity contribution in [3.63, 3.8) is 0 Å². The third-order valence-corrected chi connectivity index (χ3v) is 4.38. The van der Waals surface area contributed by atoms with Gasteiger partial charge in [-0.1, -0.05) is 49.9 Å². The molecule has 0 bridgehead atoms. The molecule has 1 N–H and O–H groups in total. The third-order valence-electron chi connectivity index (χ3n) is 3.38. The van der Waals surface area contributed by atoms with Gasteiger partial charge in [-0.3, -0.25) is 5.43 Å². The summed E-state index contributed by atoms with van der Waals surface area (Å²) in [6, 6.07) is 7.71. The van der Waals surface area contributed by atoms with E-state index in [9.17, 15) is 0 Å². The first-order valence-corrected chi connectivity index (χ1v) is 8.95. The highest BCUT2D eigenvalue weighted by atomic mass is 35.5. The van der Waals surface area contributed by atoms with Crippen molar-refractivity contribution in [3.05, 3.63) is 34.7 Å². The molecule has 0 amide bonds. The number of unbranched alkanes of at least 4 members (excludes halogenated alkanes) is 3. The van der Waals surface area contributed by atoms with E-state index in [0.717, 1.165) is 33.5 Å². The van der Waals surface area contributed by atoms with E-state index in [2.05, 4.69) is 29.4 Å². The summed E-state index contributed by atoms with van der Waals surface area (Å²) in [6.45, 7) is 4.29. The Morgan fingerprint density at radius 3 is 2.73 bits per heavy atom. The second-order valence-electron chi connectivity index (χ2n) is 5.31. The molecule has 0 spiro atoms. The van der Waals surface area contributed by atoms with Crippen LogP contribution in [0.4, 0.5) is 5.13 Å². The predicted octanol–water partition coefficient (Wildman–Crippen LogP) is 6.22. The van der Waals surface area contributed by atoms with Gasteiger partial charge in [0.1, 0.15) is 0 Å². The number of hydrazone groups is 1. The number of anilines is 1. The Morgan fingerprint density at radius 2 is 2.00 bits per heavy atom. The fourth-order valence-corrected chi connectivity index (χ4v) is 2.87. The Morgan fingerprint density at radius 1 is 1.23 bits per heavy atom. The summed E-state index contributed by atoms with van der Waals surface area (Å²) in [7, 11) is 0. The first kappa shape index (κ1) is 17.0. The topological polar surface area (TPSA) is 37.3 Å². The maximum atomic E-state index is 5.90. The molecule has 2 rings (SSSR count). The molecule has 1 heterocycles. The molecule has 1 aromatic carbocycles. The number of aromatic nitrogens is 1. The molecule has 0 aliphatic heterocycles. The van der Waals surface area contributed by atoms with Crippen LogP contribution in [0.1, 0.15) is 46.0 Å². The number of halogens is 1. The largest absolute Gasteiger partial charge is 0.253 e. The highest BCUT2D eigenvalue weighted by molar-refractivity contribution is 7.14. The van der Waals surface area contributed by atoms with Gasteiger partial charge in [0.25, 0.3) is 0 Å². The number of hydrogen-bond acceptors (Lipinski definition) is 4. The highest BCUT2D eigenvalue weighted by Crippen LogP contribution is 2.25. The number of nitrogens with one attached hydrogen (secondary N) is 1. The van der Waals surface area contributed by atoms with Crippen LogP contribution in [0.5, 0.6) is 0 Å². The molecule has 0 atom stereocenters. The number of thiazole rings is 1. The van der Waals surface area contributed by atoms with Crippen molar-refractivity contribution in [1.29, 1.82) is 0 Å². The van der Waals surface area contributed by atoms with Gasteiger partial charge in [-0.25, -0.2) is 4.98 Å². The molecule has 0 saturated carbocycles. The van der Waals surface area contributed by atoms with Crippen LogP contribution >= 0.6 is 22.9 Å². The van der Waals surface area contributed by atoms with Crippen LogP contribution in [-0.4, -0.2) is 10.7 Å². The van der Waals surface area contributed by atoms with Crippen LogP contribution < -0.4 is 5.43 Å². The maximum Gasteiger partial charge on any atom is 0.203 e. The van der Waals surface area contributed by atoms with E-state index in [-0.39, 0.29) is 0 Å². The van der Waals surface area contributed by atoms with E-state index in [1.54, 1.807) is 11.3 Å². The van der Waals surface area contributed by atoms with E-state index in [4.69, 9.17) is 11.6 Å². The van der Waals surface area contributed by atoms with Crippen molar-refractivity contribution >= 4 is 33.8 Å². The van der Waals surface area contributed by atoms with Crippen LogP contribution in [0, 0.1) is 0 Å². The first-order chi connectivity index (χ1) is 10.7. The van der Waals surface area contributed by atoms with Gasteiger partial charge in [-0.05, 0) is 31.9 Å². The highest BCUT2D eigenvalue weighted by Gasteiger charge is 2.04. The van der Waals surface area contributed by atoms with Gasteiger partial charge in [-0.15, -0.1) is 11.3 Å². The minimum absolute atomic E-state index is 0.737. The Kier molecular flexibility index (Phi) is 6.87. The first-order valence-electron chi connectivity index (χ1n) is 7.69. The summed E-state index contributed by atoms with van der Waals surface area (Å²) in [4.78, 5) is 4.55. The molecular weight excluding hydrogens is 314 g/mol. The second kappa shape index (κ2) is 8.91. The summed E-state index contributed by atoms with van der Waals surface area (Å²) in [6.07, 6.45) is 6.10. The van der Waals surface area contributed by atoms with Gasteiger partial charge in [-0.2, -0.15) is 5.10 Å². The smallest absolute Gasteiger partial charge is 0.203 e. The van der Waals surface area contributed by atoms with Gasteiger partial charge < -0.3 is 0 Å². The van der Waals surface area contributed by atoms with Crippen LogP contribution in [-0.2, 0) is 0 Å². The van der Waals surface area contributed by atoms with E-state index in [1.165, 1.54) is 25.7 Å². The van der Waals surface area contributed by atoms with Crippen LogP contribution in [0.15, 0.2) is 34.7 Å². The lowest BCUT2D eigenvalue weighted by molar-refractivity contribution is 0.682. The summed E-state index contributed by atoms with van der Waals surface area (Å²) < 4.78 is 0. The van der Waals surface area contributed by atoms with E-state index in [1.807, 2.05) is 29.6 Å². The van der Waals surface area contributed by atoms with Crippen molar-refractivity contribution in [1.82, 2.24) is 4.98 Å². The summed E-state index contributed by atoms with van der Waals surface area (Å²) >= 11 is 7.46. The number of hydrogen-bond donors (Lipinski definition) is 1. The molecule has 3 nitrogen and oxygen atoms in total. The Labute approximate surface area is 141 Å². The predicted molar refractivity (Wildman–Crippen MR) is 98.1 cm³/mol. The van der Waals surface area contributed by atoms with Crippen LogP contribution in [0.2, 0.25) is 5.02 Å². The molecule has 2 aromatic rings. The molecule has 0 radical (unpaired) electrons. The fraction of sp³-hybridized carbons (Fsp3) is 0.412. The minimum Gasteiger partial charge on any atom is -0.253 e. The molecule has 0 aliphatic rings. The molecule has 0 aliphatic carbocycles. The molecule has 5 heteroatoms. The van der Waals surface area contributed by atoms with Crippen molar-refractivity contribution < 1.29 is 0 Å². The zero-order valence-electron chi connectivity index (χ0n) is 13.1. The number of nitrogens with zero attached hydrogens (tertiary/aromatic N) is 2. The minimum atomic E-state index is 0.737. The summed E-state index contributed by atoms with van der Waals surface area (Å²) in [5.41, 5.74) is 6.19. The quantitative estimate of drug-likeness (QED) is 0.353. The number of benzene rings is 1. The molecule has 0 unspecified atom stereocenters. The van der Waals surface area contributed by atoms with Gasteiger partial charge in [0.15, 0.2) is 0 Å². The van der Waals surface area contributed by atoms with Gasteiger partial charge in [0.05, 0.1) is 5.69 Å². The zero-order valence-corrected chi connectivity index (χ0v) is 14.7. The average Bonchev–Trinajstić information content (AvgIpc) is 2.99. The normalized spacial score (nSPS) is 11.7. The maximum absolute atomic E-state index is 5.90. The standard InChI is InChI=1S/C17H22ClN3S/c1-3-4-5-6-7-13(2)20-21-17-19-16(12-22-17)14-8-10-15(18)11-9-14/h8-12H,3-7H2,1-2H3,(H,19,21)/b20-13+. The van der Waals surface area contributed by atoms with Crippen LogP contribution in [0.25, 0.3) is 11.3 Å². The van der Waals surface area contributed by atoms with E-state index < -0.39 is 0 Å². The number of rotatable bonds is 8. The second-order valence-corrected chi connectivity index (χ2v) is 6.61. The summed E-state index contributed by atoms with van der Waals surface area (Å²) in [5, 5.41) is 7.99. The Bertz CT molecular complexity index is 605. The zero-order chi connectivity index (χ0) is 15.8. The average molecular weight is 336 g/mol. The Hall–Kier alpha value is -1.39. The Balaban J connectivity index is 1.87. The lowest BCUT2D eigenvalue weighted by Gasteiger charge is -2.01. The SMILES string of the molecule is CCCCCC/C(C)=N/Nc1nc(-c2ccc(Cl)cc2)cs1. The monoisotopic (exact) mass is 335 g/mol. The van der Waals surface area contributed by atoms with Crippen molar-refractivity contribution in [3.8, 4) is 11.3 Å². The van der Waals surface area contributed by atoms with Crippen LogP contribution in [0.3, 0.4) is 0 Å². The molecule has 0 fully saturated rings. The fourth-order valence-electron chi connectivity index (χ4n) is 2.09. The van der Waals surface area contributed by atoms with Gasteiger partial charge in [0.2, 0.25) is 5.13 Å². The lowest BCUT2D eigenvalue weighted by Crippen LogP contribution is -1.97. The molecule has 0 saturated heterocycles. The van der Waals surface area contributed by atoms with E-state index in [0.29, 0.717) is 0 Å². The lowest BCUT2D eigenvalue weighted by atomic mass is 10.1.